The molecule has 2 aromatic rings. The van der Waals surface area contributed by atoms with E-state index in [1.807, 2.05) is 36.1 Å². The van der Waals surface area contributed by atoms with Crippen LogP contribution in [0, 0.1) is 18.8 Å². The summed E-state index contributed by atoms with van der Waals surface area (Å²) < 4.78 is 5.53. The largest absolute Gasteiger partial charge is 0.465 e. The summed E-state index contributed by atoms with van der Waals surface area (Å²) in [6.07, 6.45) is 4.39. The summed E-state index contributed by atoms with van der Waals surface area (Å²) in [6.45, 7) is 7.01. The number of amides is 2. The first-order valence-electron chi connectivity index (χ1n) is 9.48. The average molecular weight is 369 g/mol. The molecule has 1 aliphatic heterocycles. The number of hydrogen-bond donors (Lipinski definition) is 1. The fraction of sp³-hybridized carbons (Fsp3) is 0.476. The molecule has 2 aromatic heterocycles. The molecule has 0 bridgehead atoms. The summed E-state index contributed by atoms with van der Waals surface area (Å²) in [5.41, 5.74) is 0.903. The summed E-state index contributed by atoms with van der Waals surface area (Å²) in [7, 11) is 0. The monoisotopic (exact) mass is 369 g/mol. The van der Waals surface area contributed by atoms with Gasteiger partial charge in [0.05, 0.1) is 18.5 Å². The fourth-order valence-corrected chi connectivity index (χ4v) is 3.68. The van der Waals surface area contributed by atoms with Gasteiger partial charge in [0, 0.05) is 25.4 Å². The molecule has 144 valence electrons. The van der Waals surface area contributed by atoms with Gasteiger partial charge in [0.15, 0.2) is 0 Å². The lowest BCUT2D eigenvalue weighted by Crippen LogP contribution is -2.49. The van der Waals surface area contributed by atoms with E-state index < -0.39 is 0 Å². The maximum atomic E-state index is 13.0. The lowest BCUT2D eigenvalue weighted by atomic mass is 9.83. The summed E-state index contributed by atoms with van der Waals surface area (Å²) >= 11 is 0. The van der Waals surface area contributed by atoms with Crippen molar-refractivity contribution in [1.82, 2.24) is 15.2 Å². The Hall–Kier alpha value is -2.63. The second-order valence-corrected chi connectivity index (χ2v) is 7.55. The average Bonchev–Trinajstić information content (AvgIpc) is 3.07. The second kappa shape index (κ2) is 8.37. The first-order chi connectivity index (χ1) is 13.0. The lowest BCUT2D eigenvalue weighted by molar-refractivity contribution is -0.144. The van der Waals surface area contributed by atoms with Crippen molar-refractivity contribution in [1.29, 1.82) is 0 Å². The molecule has 2 atom stereocenters. The van der Waals surface area contributed by atoms with E-state index >= 15 is 0 Å². The molecule has 0 radical (unpaired) electrons. The van der Waals surface area contributed by atoms with E-state index in [4.69, 9.17) is 4.42 Å². The zero-order valence-electron chi connectivity index (χ0n) is 16.1. The number of piperidine rings is 1. The summed E-state index contributed by atoms with van der Waals surface area (Å²) in [4.78, 5) is 31.7. The van der Waals surface area contributed by atoms with Crippen LogP contribution >= 0.6 is 0 Å². The molecular formula is C21H27N3O3. The van der Waals surface area contributed by atoms with Crippen LogP contribution in [-0.4, -0.2) is 28.2 Å². The number of rotatable bonds is 6. The van der Waals surface area contributed by atoms with Gasteiger partial charge in [-0.2, -0.15) is 0 Å². The van der Waals surface area contributed by atoms with Gasteiger partial charge in [-0.3, -0.25) is 14.6 Å². The molecular weight excluding hydrogens is 342 g/mol. The minimum absolute atomic E-state index is 0.0563. The predicted octanol–water partition coefficient (Wildman–Crippen LogP) is 3.24. The normalized spacial score (nSPS) is 20.1. The number of aryl methyl sites for hydroxylation is 1. The van der Waals surface area contributed by atoms with Crippen LogP contribution < -0.4 is 5.32 Å². The number of likely N-dealkylation sites (tertiary alicyclic amines) is 1. The van der Waals surface area contributed by atoms with E-state index in [0.717, 1.165) is 17.1 Å². The second-order valence-electron chi connectivity index (χ2n) is 7.55. The molecule has 1 fully saturated rings. The van der Waals surface area contributed by atoms with Crippen molar-refractivity contribution >= 4 is 11.8 Å². The molecule has 3 rings (SSSR count). The van der Waals surface area contributed by atoms with Crippen molar-refractivity contribution in [3.8, 4) is 0 Å². The number of nitrogens with one attached hydrogen (secondary N) is 1. The number of aromatic nitrogens is 1. The topological polar surface area (TPSA) is 75.4 Å². The molecule has 1 aliphatic rings. The minimum atomic E-state index is -0.304. The summed E-state index contributed by atoms with van der Waals surface area (Å²) in [5, 5.41) is 2.98. The SMILES string of the molecule is Cc1ccc(CNC(=O)[C@@H]2CCC(=O)N(CC(C)C)[C@H]2c2cccnc2)o1. The van der Waals surface area contributed by atoms with E-state index in [2.05, 4.69) is 24.1 Å². The van der Waals surface area contributed by atoms with Gasteiger partial charge in [-0.25, -0.2) is 0 Å². The predicted molar refractivity (Wildman–Crippen MR) is 102 cm³/mol. The van der Waals surface area contributed by atoms with Gasteiger partial charge in [0.25, 0.3) is 0 Å². The smallest absolute Gasteiger partial charge is 0.225 e. The zero-order chi connectivity index (χ0) is 19.4. The standard InChI is InChI=1S/C21H27N3O3/c1-14(2)13-24-19(25)9-8-18(20(24)16-5-4-10-22-11-16)21(26)23-12-17-7-6-15(3)27-17/h4-7,10-11,14,18,20H,8-9,12-13H2,1-3H3,(H,23,26)/t18-,20+/m1/s1. The molecule has 3 heterocycles. The molecule has 1 saturated heterocycles. The maximum Gasteiger partial charge on any atom is 0.225 e. The summed E-state index contributed by atoms with van der Waals surface area (Å²) in [6, 6.07) is 7.25. The van der Waals surface area contributed by atoms with E-state index in [1.165, 1.54) is 0 Å². The van der Waals surface area contributed by atoms with Crippen LogP contribution in [0.1, 0.15) is 49.8 Å². The Morgan fingerprint density at radius 3 is 2.81 bits per heavy atom. The zero-order valence-corrected chi connectivity index (χ0v) is 16.1. The van der Waals surface area contributed by atoms with Crippen LogP contribution in [0.4, 0.5) is 0 Å². The van der Waals surface area contributed by atoms with Crippen molar-refractivity contribution in [2.24, 2.45) is 11.8 Å². The molecule has 0 aliphatic carbocycles. The number of nitrogens with zero attached hydrogens (tertiary/aromatic N) is 2. The molecule has 6 heteroatoms. The van der Waals surface area contributed by atoms with Crippen molar-refractivity contribution in [3.05, 3.63) is 53.7 Å². The highest BCUT2D eigenvalue weighted by atomic mass is 16.3. The Balaban J connectivity index is 1.82. The molecule has 0 unspecified atom stereocenters. The van der Waals surface area contributed by atoms with Gasteiger partial charge >= 0.3 is 0 Å². The van der Waals surface area contributed by atoms with Crippen LogP contribution in [-0.2, 0) is 16.1 Å². The highest BCUT2D eigenvalue weighted by molar-refractivity contribution is 5.85. The molecule has 0 spiro atoms. The van der Waals surface area contributed by atoms with E-state index in [-0.39, 0.29) is 23.8 Å². The number of carbonyl (C=O) groups excluding carboxylic acids is 2. The Morgan fingerprint density at radius 1 is 1.37 bits per heavy atom. The number of carbonyl (C=O) groups is 2. The Bertz CT molecular complexity index is 785. The van der Waals surface area contributed by atoms with Crippen molar-refractivity contribution < 1.29 is 14.0 Å². The van der Waals surface area contributed by atoms with Gasteiger partial charge in [0.1, 0.15) is 11.5 Å². The third-order valence-electron chi connectivity index (χ3n) is 4.86. The van der Waals surface area contributed by atoms with Crippen molar-refractivity contribution in [2.75, 3.05) is 6.54 Å². The van der Waals surface area contributed by atoms with Crippen molar-refractivity contribution in [2.45, 2.75) is 46.2 Å². The van der Waals surface area contributed by atoms with Gasteiger partial charge in [-0.15, -0.1) is 0 Å². The van der Waals surface area contributed by atoms with Crippen LogP contribution in [0.3, 0.4) is 0 Å². The van der Waals surface area contributed by atoms with Crippen LogP contribution in [0.25, 0.3) is 0 Å². The number of furan rings is 1. The maximum absolute atomic E-state index is 13.0. The molecule has 2 amide bonds. The quantitative estimate of drug-likeness (QED) is 0.848. The van der Waals surface area contributed by atoms with Crippen LogP contribution in [0.5, 0.6) is 0 Å². The molecule has 0 aromatic carbocycles. The Kier molecular flexibility index (Phi) is 5.94. The van der Waals surface area contributed by atoms with Crippen LogP contribution in [0.2, 0.25) is 0 Å². The Labute approximate surface area is 160 Å². The van der Waals surface area contributed by atoms with Gasteiger partial charge in [-0.1, -0.05) is 19.9 Å². The van der Waals surface area contributed by atoms with E-state index in [9.17, 15) is 9.59 Å². The summed E-state index contributed by atoms with van der Waals surface area (Å²) in [5.74, 6) is 1.61. The molecule has 27 heavy (non-hydrogen) atoms. The molecule has 1 N–H and O–H groups in total. The Morgan fingerprint density at radius 2 is 2.19 bits per heavy atom. The van der Waals surface area contributed by atoms with Crippen molar-refractivity contribution in [3.63, 3.8) is 0 Å². The third-order valence-corrected chi connectivity index (χ3v) is 4.86. The first-order valence-corrected chi connectivity index (χ1v) is 9.48. The molecule has 6 nitrogen and oxygen atoms in total. The lowest BCUT2D eigenvalue weighted by Gasteiger charge is -2.41. The highest BCUT2D eigenvalue weighted by Gasteiger charge is 2.40. The third kappa shape index (κ3) is 4.56. The number of pyridine rings is 1. The highest BCUT2D eigenvalue weighted by Crippen LogP contribution is 2.37. The molecule has 0 saturated carbocycles. The van der Waals surface area contributed by atoms with E-state index in [0.29, 0.717) is 31.8 Å². The van der Waals surface area contributed by atoms with Gasteiger partial charge in [0.2, 0.25) is 11.8 Å². The van der Waals surface area contributed by atoms with Gasteiger partial charge < -0.3 is 14.6 Å². The van der Waals surface area contributed by atoms with E-state index in [1.54, 1.807) is 12.4 Å². The first kappa shape index (κ1) is 19.1. The van der Waals surface area contributed by atoms with Gasteiger partial charge in [-0.05, 0) is 43.0 Å². The number of hydrogen-bond acceptors (Lipinski definition) is 4. The fourth-order valence-electron chi connectivity index (χ4n) is 3.68. The minimum Gasteiger partial charge on any atom is -0.465 e. The van der Waals surface area contributed by atoms with Crippen LogP contribution in [0.15, 0.2) is 41.1 Å².